The van der Waals surface area contributed by atoms with Gasteiger partial charge in [-0.2, -0.15) is 6.42 Å². The third-order valence-electron chi connectivity index (χ3n) is 4.30. The number of benzene rings is 1. The van der Waals surface area contributed by atoms with E-state index < -0.39 is 0 Å². The summed E-state index contributed by atoms with van der Waals surface area (Å²) < 4.78 is 0. The second-order valence-electron chi connectivity index (χ2n) is 6.27. The first-order valence-corrected chi connectivity index (χ1v) is 8.05. The summed E-state index contributed by atoms with van der Waals surface area (Å²) in [6, 6.07) is 10.6. The zero-order valence-electron chi connectivity index (χ0n) is 15.0. The minimum absolute atomic E-state index is 0. The molecule has 1 fully saturated rings. The van der Waals surface area contributed by atoms with Crippen molar-refractivity contribution in [2.24, 2.45) is 4.99 Å². The van der Waals surface area contributed by atoms with Crippen LogP contribution < -0.4 is 0 Å². The quantitative estimate of drug-likeness (QED) is 0.392. The molecule has 1 aliphatic carbocycles. The van der Waals surface area contributed by atoms with Crippen molar-refractivity contribution in [3.63, 3.8) is 0 Å². The topological polar surface area (TPSA) is 25.2 Å². The van der Waals surface area contributed by atoms with Gasteiger partial charge in [-0.3, -0.25) is 9.98 Å². The van der Waals surface area contributed by atoms with Gasteiger partial charge in [-0.05, 0) is 44.0 Å². The molecule has 3 heteroatoms. The summed E-state index contributed by atoms with van der Waals surface area (Å²) in [5.41, 5.74) is 6.90. The predicted octanol–water partition coefficient (Wildman–Crippen LogP) is 5.68. The van der Waals surface area contributed by atoms with Gasteiger partial charge in [0.05, 0.1) is 17.6 Å². The van der Waals surface area contributed by atoms with E-state index in [9.17, 15) is 0 Å². The summed E-state index contributed by atoms with van der Waals surface area (Å²) in [4.78, 5) is 9.45. The number of aromatic nitrogens is 1. The molecule has 1 heterocycles. The molecule has 1 aliphatic rings. The van der Waals surface area contributed by atoms with Gasteiger partial charge in [0.25, 0.3) is 0 Å². The van der Waals surface area contributed by atoms with E-state index in [1.165, 1.54) is 41.6 Å². The molecule has 0 bridgehead atoms. The minimum Gasteiger partial charge on any atom is -0.358 e. The van der Waals surface area contributed by atoms with Gasteiger partial charge in [0, 0.05) is 5.69 Å². The molecule has 0 spiro atoms. The second kappa shape index (κ2) is 9.15. The average Bonchev–Trinajstić information content (AvgIpc) is 3.00. The molecule has 1 aromatic carbocycles. The van der Waals surface area contributed by atoms with Crippen LogP contribution in [-0.4, -0.2) is 11.2 Å². The molecule has 0 radical (unpaired) electrons. The Morgan fingerprint density at radius 2 is 1.88 bits per heavy atom. The van der Waals surface area contributed by atoms with Crippen LogP contribution in [0.25, 0.3) is 0 Å². The van der Waals surface area contributed by atoms with Crippen LogP contribution in [0.15, 0.2) is 35.3 Å². The number of hydrogen-bond acceptors (Lipinski definition) is 2. The molecular weight excluding hydrogens is 336 g/mol. The van der Waals surface area contributed by atoms with Crippen molar-refractivity contribution in [3.05, 3.63) is 72.3 Å². The van der Waals surface area contributed by atoms with E-state index in [0.29, 0.717) is 5.92 Å². The number of pyridine rings is 1. The number of hydrogen-bond donors (Lipinski definition) is 0. The zero-order valence-corrected chi connectivity index (χ0v) is 16.1. The molecule has 128 valence electrons. The maximum atomic E-state index is 4.77. The van der Waals surface area contributed by atoms with Gasteiger partial charge in [0.15, 0.2) is 0 Å². The largest absolute Gasteiger partial charge is 2.00 e. The molecule has 24 heavy (non-hydrogen) atoms. The van der Waals surface area contributed by atoms with Gasteiger partial charge in [0.2, 0.25) is 0 Å². The van der Waals surface area contributed by atoms with Crippen molar-refractivity contribution in [1.29, 1.82) is 0 Å². The van der Waals surface area contributed by atoms with E-state index in [2.05, 4.69) is 56.4 Å². The van der Waals surface area contributed by atoms with Crippen LogP contribution in [0.3, 0.4) is 0 Å². The molecule has 1 aromatic heterocycles. The Labute approximate surface area is 157 Å². The molecular formula is C21H26FeN2. The Hall–Kier alpha value is -1.44. The van der Waals surface area contributed by atoms with Crippen molar-refractivity contribution < 1.29 is 17.1 Å². The third-order valence-corrected chi connectivity index (χ3v) is 4.30. The number of nitrogens with zero attached hydrogens (tertiary/aromatic N) is 2. The Kier molecular flexibility index (Phi) is 7.85. The number of aryl methyl sites for hydroxylation is 3. The fraction of sp³-hybridized carbons (Fsp3) is 0.333. The molecule has 0 saturated heterocycles. The van der Waals surface area contributed by atoms with Crippen LogP contribution in [0.5, 0.6) is 0 Å². The molecule has 0 amide bonds. The predicted molar refractivity (Wildman–Crippen MR) is 99.5 cm³/mol. The van der Waals surface area contributed by atoms with Crippen LogP contribution >= 0.6 is 0 Å². The fourth-order valence-corrected chi connectivity index (χ4v) is 3.30. The van der Waals surface area contributed by atoms with Gasteiger partial charge in [-0.15, -0.1) is 5.92 Å². The van der Waals surface area contributed by atoms with E-state index in [0.717, 1.165) is 11.4 Å². The Bertz CT molecular complexity index is 678. The Balaban J connectivity index is 0.00000144. The Morgan fingerprint density at radius 1 is 1.17 bits per heavy atom. The SMILES string of the molecule is Cc1cc(C)c(N=Cc2cccc(C3[CH-]CCC3)n2)c(C)c1.[CH3-].[Fe+2]. The van der Waals surface area contributed by atoms with Crippen molar-refractivity contribution >= 4 is 11.9 Å². The van der Waals surface area contributed by atoms with Crippen molar-refractivity contribution in [1.82, 2.24) is 4.98 Å². The molecule has 1 unspecified atom stereocenters. The Morgan fingerprint density at radius 3 is 2.50 bits per heavy atom. The average molecular weight is 362 g/mol. The molecule has 2 aromatic rings. The van der Waals surface area contributed by atoms with E-state index in [1.54, 1.807) is 0 Å². The maximum Gasteiger partial charge on any atom is 2.00 e. The van der Waals surface area contributed by atoms with Gasteiger partial charge in [-0.25, -0.2) is 0 Å². The number of rotatable bonds is 3. The van der Waals surface area contributed by atoms with Gasteiger partial charge < -0.3 is 13.8 Å². The summed E-state index contributed by atoms with van der Waals surface area (Å²) in [6.07, 6.45) is 8.00. The fourth-order valence-electron chi connectivity index (χ4n) is 3.30. The first-order chi connectivity index (χ1) is 10.6. The smallest absolute Gasteiger partial charge is 0.358 e. The minimum atomic E-state index is 0. The van der Waals surface area contributed by atoms with Crippen LogP contribution in [-0.2, 0) is 17.1 Å². The standard InChI is InChI=1S/C20H23N2.CH3.Fe/c1-14-11-15(2)20(16(3)12-14)21-13-18-9-6-10-19(22-18)17-7-4-5-8-17;;/h6-7,9-13,17H,4-5,8H2,1-3H3;1H3;/q2*-1;+2. The van der Waals surface area contributed by atoms with Gasteiger partial charge in [0.1, 0.15) is 0 Å². The van der Waals surface area contributed by atoms with E-state index in [4.69, 9.17) is 4.98 Å². The second-order valence-corrected chi connectivity index (χ2v) is 6.27. The van der Waals surface area contributed by atoms with Gasteiger partial charge >= 0.3 is 17.1 Å². The first kappa shape index (κ1) is 20.6. The molecule has 0 aliphatic heterocycles. The van der Waals surface area contributed by atoms with Crippen LogP contribution in [0, 0.1) is 34.6 Å². The molecule has 0 N–H and O–H groups in total. The summed E-state index contributed by atoms with van der Waals surface area (Å²) >= 11 is 0. The summed E-state index contributed by atoms with van der Waals surface area (Å²) in [5.74, 6) is 0.524. The summed E-state index contributed by atoms with van der Waals surface area (Å²) in [6.45, 7) is 6.35. The van der Waals surface area contributed by atoms with E-state index >= 15 is 0 Å². The maximum absolute atomic E-state index is 4.77. The molecule has 2 nitrogen and oxygen atoms in total. The van der Waals surface area contributed by atoms with Crippen LogP contribution in [0.4, 0.5) is 5.69 Å². The number of aliphatic imine (C=N–C) groups is 1. The third kappa shape index (κ3) is 4.78. The molecule has 1 atom stereocenters. The van der Waals surface area contributed by atoms with Crippen molar-refractivity contribution in [3.8, 4) is 0 Å². The van der Waals surface area contributed by atoms with Crippen LogP contribution in [0.2, 0.25) is 0 Å². The van der Waals surface area contributed by atoms with E-state index in [1.807, 2.05) is 12.3 Å². The van der Waals surface area contributed by atoms with Gasteiger partial charge in [-0.1, -0.05) is 36.6 Å². The zero-order chi connectivity index (χ0) is 15.5. The summed E-state index contributed by atoms with van der Waals surface area (Å²) in [5, 5.41) is 0. The molecule has 3 rings (SSSR count). The summed E-state index contributed by atoms with van der Waals surface area (Å²) in [7, 11) is 0. The normalized spacial score (nSPS) is 16.7. The first-order valence-electron chi connectivity index (χ1n) is 8.05. The monoisotopic (exact) mass is 362 g/mol. The van der Waals surface area contributed by atoms with Crippen molar-refractivity contribution in [2.75, 3.05) is 0 Å². The van der Waals surface area contributed by atoms with Crippen LogP contribution in [0.1, 0.15) is 53.3 Å². The van der Waals surface area contributed by atoms with E-state index in [-0.39, 0.29) is 24.5 Å². The van der Waals surface area contributed by atoms with Crippen molar-refractivity contribution in [2.45, 2.75) is 46.0 Å². The molecule has 1 saturated carbocycles.